The quantitative estimate of drug-likeness (QED) is 0.842. The van der Waals surface area contributed by atoms with E-state index in [-0.39, 0.29) is 5.41 Å². The number of nitrogens with zero attached hydrogens (tertiary/aromatic N) is 4. The Morgan fingerprint density at radius 1 is 1.11 bits per heavy atom. The summed E-state index contributed by atoms with van der Waals surface area (Å²) < 4.78 is 10.5. The normalized spacial score (nSPS) is 12.0. The Kier molecular flexibility index (Phi) is 3.70. The number of hydrogen-bond donors (Lipinski definition) is 0. The van der Waals surface area contributed by atoms with Crippen LogP contribution in [0.1, 0.15) is 44.3 Å². The molecule has 0 aliphatic carbocycles. The highest BCUT2D eigenvalue weighted by Gasteiger charge is 2.20. The zero-order valence-electron chi connectivity index (χ0n) is 10.9. The fourth-order valence-corrected chi connectivity index (χ4v) is 1.92. The molecule has 0 spiro atoms. The number of rotatable bonds is 4. The number of hydrogen-bond acceptors (Lipinski definition) is 7. The van der Waals surface area contributed by atoms with E-state index in [1.54, 1.807) is 18.7 Å². The smallest absolute Gasteiger partial charge is 0.236 e. The van der Waals surface area contributed by atoms with E-state index in [0.717, 1.165) is 5.82 Å². The van der Waals surface area contributed by atoms with E-state index in [1.165, 1.54) is 0 Å². The lowest BCUT2D eigenvalue weighted by atomic mass is 9.96. The lowest BCUT2D eigenvalue weighted by Crippen LogP contribution is -2.13. The van der Waals surface area contributed by atoms with Gasteiger partial charge in [0, 0.05) is 12.3 Å². The molecule has 0 fully saturated rings. The molecule has 0 bridgehead atoms. The molecule has 0 unspecified atom stereocenters. The average Bonchev–Trinajstić information content (AvgIpc) is 2.87. The van der Waals surface area contributed by atoms with E-state index in [2.05, 4.69) is 41.1 Å². The summed E-state index contributed by atoms with van der Waals surface area (Å²) in [5.41, 5.74) is -0.0873. The van der Waals surface area contributed by atoms with Crippen molar-refractivity contribution in [2.24, 2.45) is 0 Å². The van der Waals surface area contributed by atoms with Crippen LogP contribution in [0.25, 0.3) is 0 Å². The van der Waals surface area contributed by atoms with Crippen LogP contribution >= 0.6 is 11.8 Å². The molecular formula is C11H16N4O2S. The van der Waals surface area contributed by atoms with Crippen LogP contribution in [0.4, 0.5) is 0 Å². The second-order valence-electron chi connectivity index (χ2n) is 4.97. The zero-order chi connectivity index (χ0) is 13.2. The number of aryl methyl sites for hydroxylation is 1. The van der Waals surface area contributed by atoms with Gasteiger partial charge in [0.2, 0.25) is 17.7 Å². The molecule has 18 heavy (non-hydrogen) atoms. The summed E-state index contributed by atoms with van der Waals surface area (Å²) >= 11 is 1.60. The van der Waals surface area contributed by atoms with E-state index < -0.39 is 0 Å². The van der Waals surface area contributed by atoms with E-state index in [0.29, 0.717) is 29.2 Å². The highest BCUT2D eigenvalue weighted by molar-refractivity contribution is 7.97. The third kappa shape index (κ3) is 3.32. The minimum absolute atomic E-state index is 0.0873. The van der Waals surface area contributed by atoms with Crippen LogP contribution in [0.3, 0.4) is 0 Å². The Balaban J connectivity index is 1.85. The molecule has 2 heterocycles. The second kappa shape index (κ2) is 5.09. The molecule has 0 saturated carbocycles. The lowest BCUT2D eigenvalue weighted by Gasteiger charge is -2.10. The Morgan fingerprint density at radius 3 is 2.39 bits per heavy atom. The lowest BCUT2D eigenvalue weighted by molar-refractivity contribution is 0.373. The van der Waals surface area contributed by atoms with Gasteiger partial charge in [-0.25, -0.2) is 0 Å². The fraction of sp³-hybridized carbons (Fsp3) is 0.636. The molecule has 0 radical (unpaired) electrons. The maximum atomic E-state index is 5.27. The predicted octanol–water partition coefficient (Wildman–Crippen LogP) is 2.49. The van der Waals surface area contributed by atoms with Crippen molar-refractivity contribution in [1.29, 1.82) is 0 Å². The molecule has 2 aromatic rings. The van der Waals surface area contributed by atoms with Crippen molar-refractivity contribution < 1.29 is 8.94 Å². The van der Waals surface area contributed by atoms with Gasteiger partial charge < -0.3 is 8.94 Å². The second-order valence-corrected chi connectivity index (χ2v) is 5.95. The molecule has 0 aliphatic rings. The summed E-state index contributed by atoms with van der Waals surface area (Å²) in [6, 6.07) is 0. The molecule has 0 atom stereocenters. The van der Waals surface area contributed by atoms with Gasteiger partial charge >= 0.3 is 0 Å². The Bertz CT molecular complexity index is 515. The molecule has 98 valence electrons. The van der Waals surface area contributed by atoms with Crippen LogP contribution in [0.5, 0.6) is 0 Å². The third-order valence-corrected chi connectivity index (χ3v) is 3.06. The average molecular weight is 268 g/mol. The highest BCUT2D eigenvalue weighted by Crippen LogP contribution is 2.21. The van der Waals surface area contributed by atoms with Gasteiger partial charge in [0.1, 0.15) is 0 Å². The molecule has 6 nitrogen and oxygen atoms in total. The zero-order valence-corrected chi connectivity index (χ0v) is 11.7. The van der Waals surface area contributed by atoms with Crippen molar-refractivity contribution in [3.05, 3.63) is 23.5 Å². The largest absolute Gasteiger partial charge is 0.425 e. The maximum absolute atomic E-state index is 5.27. The summed E-state index contributed by atoms with van der Waals surface area (Å²) in [4.78, 5) is 4.35. The molecule has 0 amide bonds. The third-order valence-electron chi connectivity index (χ3n) is 2.16. The Morgan fingerprint density at radius 2 is 1.83 bits per heavy atom. The molecule has 0 N–H and O–H groups in total. The first-order valence-electron chi connectivity index (χ1n) is 5.65. The molecule has 0 aliphatic heterocycles. The van der Waals surface area contributed by atoms with Gasteiger partial charge in [-0.05, 0) is 0 Å². The molecular weight excluding hydrogens is 252 g/mol. The van der Waals surface area contributed by atoms with Crippen molar-refractivity contribution in [1.82, 2.24) is 20.3 Å². The van der Waals surface area contributed by atoms with Crippen molar-refractivity contribution in [2.45, 2.75) is 44.6 Å². The fourth-order valence-electron chi connectivity index (χ4n) is 1.24. The first-order chi connectivity index (χ1) is 8.45. The summed E-state index contributed by atoms with van der Waals surface area (Å²) in [5, 5.41) is 11.7. The van der Waals surface area contributed by atoms with Gasteiger partial charge in [0.05, 0.1) is 11.5 Å². The van der Waals surface area contributed by atoms with Crippen molar-refractivity contribution in [3.8, 4) is 0 Å². The summed E-state index contributed by atoms with van der Waals surface area (Å²) in [6.45, 7) is 7.93. The van der Waals surface area contributed by atoms with Crippen LogP contribution in [0.15, 0.2) is 8.94 Å². The van der Waals surface area contributed by atoms with E-state index in [1.807, 2.05) is 0 Å². The minimum Gasteiger partial charge on any atom is -0.425 e. The van der Waals surface area contributed by atoms with E-state index >= 15 is 0 Å². The first kappa shape index (κ1) is 13.1. The summed E-state index contributed by atoms with van der Waals surface area (Å²) in [7, 11) is 0. The van der Waals surface area contributed by atoms with Crippen LogP contribution < -0.4 is 0 Å². The topological polar surface area (TPSA) is 77.8 Å². The highest BCUT2D eigenvalue weighted by atomic mass is 32.2. The van der Waals surface area contributed by atoms with Gasteiger partial charge in [0.25, 0.3) is 0 Å². The van der Waals surface area contributed by atoms with Crippen molar-refractivity contribution in [2.75, 3.05) is 0 Å². The summed E-state index contributed by atoms with van der Waals surface area (Å²) in [6.07, 6.45) is 0. The molecule has 7 heteroatoms. The minimum atomic E-state index is -0.0873. The van der Waals surface area contributed by atoms with Crippen molar-refractivity contribution >= 4 is 11.8 Å². The van der Waals surface area contributed by atoms with Crippen LogP contribution in [-0.4, -0.2) is 20.3 Å². The van der Waals surface area contributed by atoms with Crippen LogP contribution in [0.2, 0.25) is 0 Å². The van der Waals surface area contributed by atoms with Crippen LogP contribution in [-0.2, 0) is 16.9 Å². The molecule has 0 saturated heterocycles. The molecule has 2 rings (SSSR count). The monoisotopic (exact) mass is 268 g/mol. The molecule has 0 aromatic carbocycles. The Labute approximate surface area is 110 Å². The van der Waals surface area contributed by atoms with Crippen molar-refractivity contribution in [3.63, 3.8) is 0 Å². The van der Waals surface area contributed by atoms with Gasteiger partial charge in [-0.1, -0.05) is 25.9 Å². The standard InChI is InChI=1S/C11H16N4O2S/c1-7-13-14-9(16-7)6-18-5-8-12-10(15-17-8)11(2,3)4/h5-6H2,1-4H3. The first-order valence-corrected chi connectivity index (χ1v) is 6.80. The summed E-state index contributed by atoms with van der Waals surface area (Å²) in [5.74, 6) is 3.85. The predicted molar refractivity (Wildman–Crippen MR) is 67.0 cm³/mol. The maximum Gasteiger partial charge on any atom is 0.236 e. The van der Waals surface area contributed by atoms with Gasteiger partial charge in [-0.3, -0.25) is 0 Å². The number of aromatic nitrogens is 4. The Hall–Kier alpha value is -1.37. The van der Waals surface area contributed by atoms with E-state index in [9.17, 15) is 0 Å². The number of thioether (sulfide) groups is 1. The van der Waals surface area contributed by atoms with Crippen LogP contribution in [0, 0.1) is 6.92 Å². The molecule has 2 aromatic heterocycles. The van der Waals surface area contributed by atoms with Gasteiger partial charge in [-0.15, -0.1) is 22.0 Å². The van der Waals surface area contributed by atoms with Gasteiger partial charge in [0.15, 0.2) is 5.82 Å². The van der Waals surface area contributed by atoms with Gasteiger partial charge in [-0.2, -0.15) is 4.98 Å². The van der Waals surface area contributed by atoms with E-state index in [4.69, 9.17) is 8.94 Å². The SMILES string of the molecule is Cc1nnc(CSCc2nc(C(C)(C)C)no2)o1.